The Morgan fingerprint density at radius 3 is 2.86 bits per heavy atom. The standard InChI is InChI=1S/C16H20FNO2S/c17-11-3-1-4-13(9-11)21-14-5-2-8-16(10-14,15(19)20)18-12-6-7-12/h1,3-4,9,12,14,18H,2,5-8,10H2,(H,19,20). The van der Waals surface area contributed by atoms with Crippen LogP contribution in [0, 0.1) is 5.82 Å². The lowest BCUT2D eigenvalue weighted by Crippen LogP contribution is -2.56. The number of carbonyl (C=O) groups is 1. The Morgan fingerprint density at radius 1 is 1.38 bits per heavy atom. The molecule has 0 spiro atoms. The Morgan fingerprint density at radius 2 is 2.19 bits per heavy atom. The Bertz CT molecular complexity index is 535. The number of hydrogen-bond acceptors (Lipinski definition) is 3. The van der Waals surface area contributed by atoms with Crippen LogP contribution in [0.3, 0.4) is 0 Å². The summed E-state index contributed by atoms with van der Waals surface area (Å²) in [6.45, 7) is 0. The van der Waals surface area contributed by atoms with E-state index in [0.717, 1.165) is 30.6 Å². The fraction of sp³-hybridized carbons (Fsp3) is 0.562. The molecular formula is C16H20FNO2S. The first-order chi connectivity index (χ1) is 10.1. The van der Waals surface area contributed by atoms with Crippen LogP contribution in [-0.4, -0.2) is 27.9 Å². The third kappa shape index (κ3) is 3.58. The van der Waals surface area contributed by atoms with Gasteiger partial charge in [0.15, 0.2) is 0 Å². The zero-order valence-electron chi connectivity index (χ0n) is 11.8. The summed E-state index contributed by atoms with van der Waals surface area (Å²) in [4.78, 5) is 12.6. The Labute approximate surface area is 128 Å². The van der Waals surface area contributed by atoms with E-state index in [-0.39, 0.29) is 11.1 Å². The summed E-state index contributed by atoms with van der Waals surface area (Å²) < 4.78 is 13.3. The van der Waals surface area contributed by atoms with Gasteiger partial charge in [0, 0.05) is 16.2 Å². The van der Waals surface area contributed by atoms with Crippen molar-refractivity contribution in [3.63, 3.8) is 0 Å². The van der Waals surface area contributed by atoms with Crippen molar-refractivity contribution in [1.82, 2.24) is 5.32 Å². The summed E-state index contributed by atoms with van der Waals surface area (Å²) in [5, 5.41) is 13.2. The largest absolute Gasteiger partial charge is 0.480 e. The molecule has 0 amide bonds. The number of rotatable bonds is 5. The highest BCUT2D eigenvalue weighted by molar-refractivity contribution is 8.00. The first-order valence-corrected chi connectivity index (χ1v) is 8.39. The molecule has 0 aromatic heterocycles. The molecule has 2 fully saturated rings. The molecule has 2 unspecified atom stereocenters. The van der Waals surface area contributed by atoms with Gasteiger partial charge in [0.25, 0.3) is 0 Å². The summed E-state index contributed by atoms with van der Waals surface area (Å²) in [6, 6.07) is 6.92. The highest BCUT2D eigenvalue weighted by Gasteiger charge is 2.46. The molecule has 1 aromatic rings. The molecule has 2 aliphatic carbocycles. The van der Waals surface area contributed by atoms with Crippen LogP contribution in [0.4, 0.5) is 4.39 Å². The van der Waals surface area contributed by atoms with Crippen LogP contribution in [0.2, 0.25) is 0 Å². The number of thioether (sulfide) groups is 1. The molecule has 1 aromatic carbocycles. The van der Waals surface area contributed by atoms with Crippen molar-refractivity contribution in [3.8, 4) is 0 Å². The summed E-state index contributed by atoms with van der Waals surface area (Å²) in [7, 11) is 0. The van der Waals surface area contributed by atoms with Crippen molar-refractivity contribution in [2.45, 2.75) is 60.3 Å². The number of nitrogens with one attached hydrogen (secondary N) is 1. The number of hydrogen-bond donors (Lipinski definition) is 2. The Kier molecular flexibility index (Phi) is 4.22. The fourth-order valence-electron chi connectivity index (χ4n) is 3.06. The molecular weight excluding hydrogens is 289 g/mol. The van der Waals surface area contributed by atoms with Crippen molar-refractivity contribution in [3.05, 3.63) is 30.1 Å². The van der Waals surface area contributed by atoms with E-state index >= 15 is 0 Å². The van der Waals surface area contributed by atoms with Crippen molar-refractivity contribution in [1.29, 1.82) is 0 Å². The van der Waals surface area contributed by atoms with Crippen LogP contribution in [-0.2, 0) is 4.79 Å². The van der Waals surface area contributed by atoms with Crippen LogP contribution >= 0.6 is 11.8 Å². The SMILES string of the molecule is O=C(O)C1(NC2CC2)CCCC(Sc2cccc(F)c2)C1. The first kappa shape index (κ1) is 14.9. The number of halogens is 1. The topological polar surface area (TPSA) is 49.3 Å². The molecule has 3 rings (SSSR count). The van der Waals surface area contributed by atoms with Crippen LogP contribution < -0.4 is 5.32 Å². The average Bonchev–Trinajstić information content (AvgIpc) is 3.23. The molecule has 2 aliphatic rings. The molecule has 0 heterocycles. The number of carboxylic acid groups (broad SMARTS) is 1. The smallest absolute Gasteiger partial charge is 0.323 e. The van der Waals surface area contributed by atoms with Crippen molar-refractivity contribution >= 4 is 17.7 Å². The van der Waals surface area contributed by atoms with E-state index in [2.05, 4.69) is 5.32 Å². The summed E-state index contributed by atoms with van der Waals surface area (Å²) >= 11 is 1.60. The molecule has 0 aliphatic heterocycles. The molecule has 5 heteroatoms. The van der Waals surface area contributed by atoms with E-state index in [1.54, 1.807) is 17.8 Å². The molecule has 21 heavy (non-hydrogen) atoms. The minimum Gasteiger partial charge on any atom is -0.480 e. The highest BCUT2D eigenvalue weighted by Crippen LogP contribution is 2.40. The fourth-order valence-corrected chi connectivity index (χ4v) is 4.44. The van der Waals surface area contributed by atoms with Gasteiger partial charge in [0.2, 0.25) is 0 Å². The lowest BCUT2D eigenvalue weighted by molar-refractivity contribution is -0.146. The molecule has 0 radical (unpaired) electrons. The van der Waals surface area contributed by atoms with E-state index in [9.17, 15) is 14.3 Å². The average molecular weight is 309 g/mol. The van der Waals surface area contributed by atoms with Gasteiger partial charge >= 0.3 is 5.97 Å². The second kappa shape index (κ2) is 5.97. The van der Waals surface area contributed by atoms with Gasteiger partial charge in [-0.25, -0.2) is 4.39 Å². The summed E-state index contributed by atoms with van der Waals surface area (Å²) in [5.41, 5.74) is -0.787. The van der Waals surface area contributed by atoms with E-state index in [1.807, 2.05) is 6.07 Å². The molecule has 114 valence electrons. The second-order valence-electron chi connectivity index (χ2n) is 6.10. The molecule has 0 bridgehead atoms. The zero-order chi connectivity index (χ0) is 14.9. The third-order valence-electron chi connectivity index (χ3n) is 4.27. The lowest BCUT2D eigenvalue weighted by atomic mass is 9.81. The van der Waals surface area contributed by atoms with Crippen LogP contribution in [0.25, 0.3) is 0 Å². The van der Waals surface area contributed by atoms with Gasteiger partial charge in [0.1, 0.15) is 11.4 Å². The minimum absolute atomic E-state index is 0.225. The summed E-state index contributed by atoms with van der Waals surface area (Å²) in [6.07, 6.45) is 5.36. The zero-order valence-corrected chi connectivity index (χ0v) is 12.7. The Hall–Kier alpha value is -1.07. The number of benzene rings is 1. The molecule has 2 N–H and O–H groups in total. The van der Waals surface area contributed by atoms with Crippen LogP contribution in [0.1, 0.15) is 38.5 Å². The van der Waals surface area contributed by atoms with Gasteiger partial charge in [-0.15, -0.1) is 11.8 Å². The van der Waals surface area contributed by atoms with Crippen molar-refractivity contribution in [2.75, 3.05) is 0 Å². The maximum Gasteiger partial charge on any atom is 0.323 e. The molecule has 2 saturated carbocycles. The Balaban J connectivity index is 1.70. The van der Waals surface area contributed by atoms with E-state index < -0.39 is 11.5 Å². The number of aliphatic carboxylic acids is 1. The molecule has 2 atom stereocenters. The van der Waals surface area contributed by atoms with Gasteiger partial charge in [-0.3, -0.25) is 10.1 Å². The lowest BCUT2D eigenvalue weighted by Gasteiger charge is -2.38. The summed E-state index contributed by atoms with van der Waals surface area (Å²) in [5.74, 6) is -0.977. The quantitative estimate of drug-likeness (QED) is 0.875. The number of carboxylic acids is 1. The second-order valence-corrected chi connectivity index (χ2v) is 7.47. The van der Waals surface area contributed by atoms with E-state index in [1.165, 1.54) is 12.1 Å². The highest BCUT2D eigenvalue weighted by atomic mass is 32.2. The molecule has 0 saturated heterocycles. The third-order valence-corrected chi connectivity index (χ3v) is 5.53. The van der Waals surface area contributed by atoms with Gasteiger partial charge in [-0.2, -0.15) is 0 Å². The van der Waals surface area contributed by atoms with Crippen molar-refractivity contribution in [2.24, 2.45) is 0 Å². The van der Waals surface area contributed by atoms with Gasteiger partial charge in [-0.05, 0) is 56.7 Å². The minimum atomic E-state index is -0.787. The van der Waals surface area contributed by atoms with Gasteiger partial charge in [0.05, 0.1) is 0 Å². The monoisotopic (exact) mass is 309 g/mol. The molecule has 3 nitrogen and oxygen atoms in total. The van der Waals surface area contributed by atoms with Crippen LogP contribution in [0.15, 0.2) is 29.2 Å². The van der Waals surface area contributed by atoms with Crippen molar-refractivity contribution < 1.29 is 14.3 Å². The van der Waals surface area contributed by atoms with E-state index in [4.69, 9.17) is 0 Å². The van der Waals surface area contributed by atoms with Gasteiger partial charge < -0.3 is 5.11 Å². The maximum atomic E-state index is 13.3. The first-order valence-electron chi connectivity index (χ1n) is 7.51. The van der Waals surface area contributed by atoms with Crippen LogP contribution in [0.5, 0.6) is 0 Å². The maximum absolute atomic E-state index is 13.3. The van der Waals surface area contributed by atoms with Gasteiger partial charge in [-0.1, -0.05) is 6.07 Å². The predicted octanol–water partition coefficient (Wildman–Crippen LogP) is 3.44. The predicted molar refractivity (Wildman–Crippen MR) is 81.0 cm³/mol. The van der Waals surface area contributed by atoms with E-state index in [0.29, 0.717) is 18.9 Å². The normalized spacial score (nSPS) is 29.3.